The van der Waals surface area contributed by atoms with Gasteiger partial charge in [-0.3, -0.25) is 4.79 Å². The highest BCUT2D eigenvalue weighted by atomic mass is 16.5. The number of hydrogen-bond acceptors (Lipinski definition) is 2. The summed E-state index contributed by atoms with van der Waals surface area (Å²) in [5.41, 5.74) is 0. The van der Waals surface area contributed by atoms with E-state index in [9.17, 15) is 4.79 Å². The van der Waals surface area contributed by atoms with Crippen molar-refractivity contribution in [3.05, 3.63) is 78.9 Å². The molecule has 0 saturated heterocycles. The van der Waals surface area contributed by atoms with Gasteiger partial charge in [0.05, 0.1) is 0 Å². The van der Waals surface area contributed by atoms with Gasteiger partial charge in [-0.05, 0) is 62.3 Å². The molecule has 0 radical (unpaired) electrons. The molecule has 5 rings (SSSR count). The lowest BCUT2D eigenvalue weighted by Gasteiger charge is -2.14. The quantitative estimate of drug-likeness (QED) is 0.149. The first-order valence-electron chi connectivity index (χ1n) is 9.73. The van der Waals surface area contributed by atoms with E-state index < -0.39 is 0 Å². The predicted molar refractivity (Wildman–Crippen MR) is 117 cm³/mol. The van der Waals surface area contributed by atoms with Crippen LogP contribution in [0.5, 0.6) is 5.75 Å². The molecule has 0 spiro atoms. The minimum absolute atomic E-state index is 0.183. The summed E-state index contributed by atoms with van der Waals surface area (Å²) in [6.07, 6.45) is 1.20. The fraction of sp³-hybridized carbons (Fsp3) is 0.115. The van der Waals surface area contributed by atoms with E-state index >= 15 is 0 Å². The number of benzene rings is 5. The average Bonchev–Trinajstić information content (AvgIpc) is 2.73. The van der Waals surface area contributed by atoms with Crippen LogP contribution in [0.1, 0.15) is 19.8 Å². The molecule has 0 heterocycles. The zero-order chi connectivity index (χ0) is 19.1. The Bertz CT molecular complexity index is 1370. The normalized spacial score (nSPS) is 11.5. The van der Waals surface area contributed by atoms with Gasteiger partial charge in [0.25, 0.3) is 0 Å². The molecule has 0 aliphatic carbocycles. The lowest BCUT2D eigenvalue weighted by atomic mass is 9.92. The summed E-state index contributed by atoms with van der Waals surface area (Å²) >= 11 is 0. The topological polar surface area (TPSA) is 26.3 Å². The van der Waals surface area contributed by atoms with Gasteiger partial charge in [0.15, 0.2) is 0 Å². The van der Waals surface area contributed by atoms with Crippen molar-refractivity contribution in [2.24, 2.45) is 0 Å². The Hall–Kier alpha value is -3.39. The highest BCUT2D eigenvalue weighted by molar-refractivity contribution is 6.28. The number of carbonyl (C=O) groups excluding carboxylic acids is 1. The summed E-state index contributed by atoms with van der Waals surface area (Å²) in [4.78, 5) is 12.2. The molecule has 5 aromatic carbocycles. The van der Waals surface area contributed by atoms with E-state index in [0.717, 1.165) is 22.6 Å². The van der Waals surface area contributed by atoms with Crippen molar-refractivity contribution in [3.8, 4) is 5.75 Å². The summed E-state index contributed by atoms with van der Waals surface area (Å²) < 4.78 is 5.80. The molecule has 2 heteroatoms. The second-order valence-corrected chi connectivity index (χ2v) is 7.19. The fourth-order valence-corrected chi connectivity index (χ4v) is 4.12. The molecule has 0 unspecified atom stereocenters. The minimum atomic E-state index is -0.183. The van der Waals surface area contributed by atoms with E-state index in [4.69, 9.17) is 4.74 Å². The molecule has 0 N–H and O–H groups in total. The average molecular weight is 364 g/mol. The smallest absolute Gasteiger partial charge is 0.311 e. The largest absolute Gasteiger partial charge is 0.426 e. The van der Waals surface area contributed by atoms with E-state index in [1.807, 2.05) is 19.1 Å². The lowest BCUT2D eigenvalue weighted by molar-refractivity contribution is -0.134. The molecule has 0 fully saturated rings. The molecule has 0 aromatic heterocycles. The number of ether oxygens (including phenoxy) is 1. The van der Waals surface area contributed by atoms with Crippen LogP contribution < -0.4 is 4.74 Å². The molecule has 0 saturated carbocycles. The Morgan fingerprint density at radius 3 is 2.04 bits per heavy atom. The maximum absolute atomic E-state index is 12.2. The van der Waals surface area contributed by atoms with Crippen LogP contribution in [-0.4, -0.2) is 5.97 Å². The van der Waals surface area contributed by atoms with Crippen LogP contribution in [0.4, 0.5) is 0 Å². The second-order valence-electron chi connectivity index (χ2n) is 7.19. The van der Waals surface area contributed by atoms with Crippen LogP contribution in [0.25, 0.3) is 43.1 Å². The van der Waals surface area contributed by atoms with Gasteiger partial charge < -0.3 is 4.74 Å². The van der Waals surface area contributed by atoms with Crippen LogP contribution in [0, 0.1) is 0 Å². The number of rotatable bonds is 3. The van der Waals surface area contributed by atoms with E-state index in [1.54, 1.807) is 0 Å². The lowest BCUT2D eigenvalue weighted by Crippen LogP contribution is -2.07. The van der Waals surface area contributed by atoms with Gasteiger partial charge in [0, 0.05) is 11.8 Å². The molecule has 5 aromatic rings. The minimum Gasteiger partial charge on any atom is -0.426 e. The summed E-state index contributed by atoms with van der Waals surface area (Å²) in [5, 5.41) is 9.20. The number of carbonyl (C=O) groups is 1. The molecule has 136 valence electrons. The maximum atomic E-state index is 12.2. The third-order valence-electron chi connectivity index (χ3n) is 5.37. The molecule has 0 aliphatic rings. The van der Waals surface area contributed by atoms with Crippen LogP contribution in [-0.2, 0) is 4.79 Å². The Morgan fingerprint density at radius 2 is 1.32 bits per heavy atom. The Balaban J connectivity index is 1.96. The van der Waals surface area contributed by atoms with E-state index in [2.05, 4.69) is 66.7 Å². The van der Waals surface area contributed by atoms with E-state index in [0.29, 0.717) is 12.2 Å². The Labute approximate surface area is 163 Å². The van der Waals surface area contributed by atoms with Crippen LogP contribution in [0.3, 0.4) is 0 Å². The van der Waals surface area contributed by atoms with Gasteiger partial charge in [-0.25, -0.2) is 0 Å². The van der Waals surface area contributed by atoms with Gasteiger partial charge in [-0.1, -0.05) is 67.6 Å². The summed E-state index contributed by atoms with van der Waals surface area (Å²) in [6, 6.07) is 27.3. The van der Waals surface area contributed by atoms with Gasteiger partial charge in [0.2, 0.25) is 0 Å². The number of fused-ring (bicyclic) bond motifs is 7. The van der Waals surface area contributed by atoms with Gasteiger partial charge in [-0.2, -0.15) is 0 Å². The third kappa shape index (κ3) is 2.61. The first kappa shape index (κ1) is 16.8. The SMILES string of the molecule is CCCC(=O)Oc1cccc2c3ccccc3c3cc4ccccc4cc3c12. The highest BCUT2D eigenvalue weighted by Gasteiger charge is 2.15. The van der Waals surface area contributed by atoms with Crippen molar-refractivity contribution < 1.29 is 9.53 Å². The van der Waals surface area contributed by atoms with Crippen molar-refractivity contribution in [2.45, 2.75) is 19.8 Å². The van der Waals surface area contributed by atoms with Crippen LogP contribution in [0.15, 0.2) is 78.9 Å². The standard InChI is InChI=1S/C26H20O2/c1-2-8-25(27)28-24-14-7-13-21-19-11-5-6-12-20(19)22-15-17-9-3-4-10-18(17)16-23(22)26(21)24/h3-7,9-16H,2,8H2,1H3. The predicted octanol–water partition coefficient (Wildman–Crippen LogP) is 7.00. The van der Waals surface area contributed by atoms with Gasteiger partial charge >= 0.3 is 5.97 Å². The third-order valence-corrected chi connectivity index (χ3v) is 5.37. The Morgan fingerprint density at radius 1 is 0.714 bits per heavy atom. The maximum Gasteiger partial charge on any atom is 0.311 e. The summed E-state index contributed by atoms with van der Waals surface area (Å²) in [6.45, 7) is 1.99. The zero-order valence-corrected chi connectivity index (χ0v) is 15.7. The molecule has 0 bridgehead atoms. The molecule has 0 amide bonds. The molecule has 0 aliphatic heterocycles. The van der Waals surface area contributed by atoms with Crippen LogP contribution in [0.2, 0.25) is 0 Å². The van der Waals surface area contributed by atoms with E-state index in [-0.39, 0.29) is 5.97 Å². The molecular weight excluding hydrogens is 344 g/mol. The van der Waals surface area contributed by atoms with E-state index in [1.165, 1.54) is 26.9 Å². The molecule has 0 atom stereocenters. The van der Waals surface area contributed by atoms with Gasteiger partial charge in [-0.15, -0.1) is 0 Å². The molecule has 28 heavy (non-hydrogen) atoms. The first-order chi connectivity index (χ1) is 13.8. The van der Waals surface area contributed by atoms with Crippen molar-refractivity contribution in [3.63, 3.8) is 0 Å². The number of esters is 1. The van der Waals surface area contributed by atoms with Crippen molar-refractivity contribution in [2.75, 3.05) is 0 Å². The second kappa shape index (κ2) is 6.65. The highest BCUT2D eigenvalue weighted by Crippen LogP contribution is 2.41. The first-order valence-corrected chi connectivity index (χ1v) is 9.73. The zero-order valence-electron chi connectivity index (χ0n) is 15.7. The Kier molecular flexibility index (Phi) is 3.98. The van der Waals surface area contributed by atoms with Crippen molar-refractivity contribution in [1.29, 1.82) is 0 Å². The van der Waals surface area contributed by atoms with Crippen molar-refractivity contribution >= 4 is 49.1 Å². The van der Waals surface area contributed by atoms with Crippen LogP contribution >= 0.6 is 0 Å². The molecular formula is C26H20O2. The number of hydrogen-bond donors (Lipinski definition) is 0. The molecule has 2 nitrogen and oxygen atoms in total. The summed E-state index contributed by atoms with van der Waals surface area (Å²) in [5.74, 6) is 0.457. The fourth-order valence-electron chi connectivity index (χ4n) is 4.12. The monoisotopic (exact) mass is 364 g/mol. The van der Waals surface area contributed by atoms with Crippen molar-refractivity contribution in [1.82, 2.24) is 0 Å². The summed E-state index contributed by atoms with van der Waals surface area (Å²) in [7, 11) is 0. The van der Waals surface area contributed by atoms with Gasteiger partial charge in [0.1, 0.15) is 5.75 Å².